The van der Waals surface area contributed by atoms with Gasteiger partial charge in [0.15, 0.2) is 11.5 Å². The van der Waals surface area contributed by atoms with Gasteiger partial charge in [-0.2, -0.15) is 0 Å². The highest BCUT2D eigenvalue weighted by Crippen LogP contribution is 2.38. The Kier molecular flexibility index (Phi) is 7.73. The Hall–Kier alpha value is -2.93. The zero-order chi connectivity index (χ0) is 21.6. The summed E-state index contributed by atoms with van der Waals surface area (Å²) >= 11 is 6.17. The first-order valence-electron chi connectivity index (χ1n) is 8.90. The van der Waals surface area contributed by atoms with Crippen molar-refractivity contribution in [2.75, 3.05) is 40.7 Å². The van der Waals surface area contributed by atoms with E-state index in [0.29, 0.717) is 39.9 Å². The highest BCUT2D eigenvalue weighted by Gasteiger charge is 2.15. The van der Waals surface area contributed by atoms with Crippen LogP contribution in [0.4, 0.5) is 5.69 Å². The van der Waals surface area contributed by atoms with E-state index in [9.17, 15) is 9.59 Å². The van der Waals surface area contributed by atoms with Gasteiger partial charge in [-0.05, 0) is 42.3 Å². The van der Waals surface area contributed by atoms with Crippen molar-refractivity contribution in [1.29, 1.82) is 0 Å². The van der Waals surface area contributed by atoms with Gasteiger partial charge in [0.2, 0.25) is 11.7 Å². The summed E-state index contributed by atoms with van der Waals surface area (Å²) in [6.45, 7) is 0. The Bertz CT molecular complexity index is 874. The summed E-state index contributed by atoms with van der Waals surface area (Å²) in [6.07, 6.45) is 0.664. The Morgan fingerprint density at radius 2 is 1.62 bits per heavy atom. The van der Waals surface area contributed by atoms with E-state index >= 15 is 0 Å². The summed E-state index contributed by atoms with van der Waals surface area (Å²) in [5, 5.41) is 3.13. The van der Waals surface area contributed by atoms with Crippen molar-refractivity contribution in [2.24, 2.45) is 0 Å². The topological polar surface area (TPSA) is 77.1 Å². The van der Waals surface area contributed by atoms with E-state index in [1.165, 1.54) is 26.2 Å². The molecule has 156 valence electrons. The third-order valence-electron chi connectivity index (χ3n) is 4.26. The summed E-state index contributed by atoms with van der Waals surface area (Å²) in [4.78, 5) is 26.0. The lowest BCUT2D eigenvalue weighted by atomic mass is 10.1. The molecule has 0 bridgehead atoms. The second kappa shape index (κ2) is 10.0. The van der Waals surface area contributed by atoms with Gasteiger partial charge in [-0.15, -0.1) is 0 Å². The number of halogens is 1. The van der Waals surface area contributed by atoms with Crippen LogP contribution < -0.4 is 19.5 Å². The molecule has 8 heteroatoms. The Balaban J connectivity index is 2.11. The van der Waals surface area contributed by atoms with Gasteiger partial charge >= 0.3 is 0 Å². The lowest BCUT2D eigenvalue weighted by Gasteiger charge is -2.14. The van der Waals surface area contributed by atoms with Gasteiger partial charge in [-0.3, -0.25) is 9.59 Å². The molecule has 0 unspecified atom stereocenters. The molecule has 2 aromatic rings. The van der Waals surface area contributed by atoms with Gasteiger partial charge in [0.05, 0.1) is 32.0 Å². The minimum atomic E-state index is -0.227. The first-order valence-corrected chi connectivity index (χ1v) is 9.28. The van der Waals surface area contributed by atoms with Crippen LogP contribution in [0.3, 0.4) is 0 Å². The predicted molar refractivity (Wildman–Crippen MR) is 113 cm³/mol. The maximum atomic E-state index is 12.4. The molecule has 7 nitrogen and oxygen atoms in total. The monoisotopic (exact) mass is 420 g/mol. The first-order chi connectivity index (χ1) is 13.8. The number of nitrogens with zero attached hydrogens (tertiary/aromatic N) is 1. The number of hydrogen-bond donors (Lipinski definition) is 1. The molecule has 0 aliphatic carbocycles. The highest BCUT2D eigenvalue weighted by atomic mass is 35.5. The SMILES string of the molecule is COc1cc(CCC(=O)Nc2cc(C(=O)N(C)C)ccc2Cl)cc(OC)c1OC. The van der Waals surface area contributed by atoms with E-state index in [2.05, 4.69) is 5.32 Å². The molecule has 1 N–H and O–H groups in total. The van der Waals surface area contributed by atoms with Crippen molar-refractivity contribution in [3.8, 4) is 17.2 Å². The normalized spacial score (nSPS) is 10.3. The van der Waals surface area contributed by atoms with Crippen molar-refractivity contribution in [3.63, 3.8) is 0 Å². The van der Waals surface area contributed by atoms with Crippen molar-refractivity contribution in [1.82, 2.24) is 4.90 Å². The van der Waals surface area contributed by atoms with E-state index in [0.717, 1.165) is 5.56 Å². The molecule has 29 heavy (non-hydrogen) atoms. The van der Waals surface area contributed by atoms with Crippen molar-refractivity contribution in [2.45, 2.75) is 12.8 Å². The van der Waals surface area contributed by atoms with Crippen LogP contribution in [0, 0.1) is 0 Å². The predicted octanol–water partition coefficient (Wildman–Crippen LogP) is 3.64. The third kappa shape index (κ3) is 5.54. The molecule has 0 spiro atoms. The van der Waals surface area contributed by atoms with Crippen LogP contribution in [-0.2, 0) is 11.2 Å². The van der Waals surface area contributed by atoms with E-state index < -0.39 is 0 Å². The molecule has 0 heterocycles. The van der Waals surface area contributed by atoms with Gasteiger partial charge in [0.1, 0.15) is 0 Å². The van der Waals surface area contributed by atoms with E-state index in [-0.39, 0.29) is 18.2 Å². The molecule has 0 saturated heterocycles. The molecule has 2 aromatic carbocycles. The molecule has 0 aliphatic rings. The average Bonchev–Trinajstić information content (AvgIpc) is 2.72. The number of nitrogens with one attached hydrogen (secondary N) is 1. The number of carbonyl (C=O) groups is 2. The number of rotatable bonds is 8. The molecule has 2 amide bonds. The molecular weight excluding hydrogens is 396 g/mol. The van der Waals surface area contributed by atoms with E-state index in [1.54, 1.807) is 44.4 Å². The van der Waals surface area contributed by atoms with Crippen LogP contribution in [0.5, 0.6) is 17.2 Å². The Morgan fingerprint density at radius 1 is 1.00 bits per heavy atom. The molecule has 2 rings (SSSR count). The molecule has 0 fully saturated rings. The van der Waals surface area contributed by atoms with Gasteiger partial charge < -0.3 is 24.4 Å². The lowest BCUT2D eigenvalue weighted by Crippen LogP contribution is -2.22. The highest BCUT2D eigenvalue weighted by molar-refractivity contribution is 6.33. The number of methoxy groups -OCH3 is 3. The minimum absolute atomic E-state index is 0.172. The van der Waals surface area contributed by atoms with Crippen LogP contribution in [0.25, 0.3) is 0 Å². The van der Waals surface area contributed by atoms with Crippen LogP contribution in [0.2, 0.25) is 5.02 Å². The van der Waals surface area contributed by atoms with E-state index in [1.807, 2.05) is 0 Å². The van der Waals surface area contributed by atoms with Gasteiger partial charge in [0.25, 0.3) is 5.91 Å². The van der Waals surface area contributed by atoms with Gasteiger partial charge in [-0.25, -0.2) is 0 Å². The maximum Gasteiger partial charge on any atom is 0.253 e. The zero-order valence-corrected chi connectivity index (χ0v) is 17.9. The Morgan fingerprint density at radius 3 is 2.14 bits per heavy atom. The van der Waals surface area contributed by atoms with E-state index in [4.69, 9.17) is 25.8 Å². The first kappa shape index (κ1) is 22.4. The van der Waals surface area contributed by atoms with Gasteiger partial charge in [0, 0.05) is 26.1 Å². The fourth-order valence-electron chi connectivity index (χ4n) is 2.76. The minimum Gasteiger partial charge on any atom is -0.493 e. The largest absolute Gasteiger partial charge is 0.493 e. The Labute approximate surface area is 175 Å². The molecule has 0 aliphatic heterocycles. The summed E-state index contributed by atoms with van der Waals surface area (Å²) in [5.74, 6) is 1.16. The van der Waals surface area contributed by atoms with Gasteiger partial charge in [-0.1, -0.05) is 11.6 Å². The molecule has 0 atom stereocenters. The fourth-order valence-corrected chi connectivity index (χ4v) is 2.93. The van der Waals surface area contributed by atoms with Crippen LogP contribution >= 0.6 is 11.6 Å². The molecule has 0 saturated carbocycles. The summed E-state index contributed by atoms with van der Waals surface area (Å²) < 4.78 is 16.0. The van der Waals surface area contributed by atoms with Crippen LogP contribution in [0.1, 0.15) is 22.3 Å². The van der Waals surface area contributed by atoms with Crippen LogP contribution in [0.15, 0.2) is 30.3 Å². The smallest absolute Gasteiger partial charge is 0.253 e. The standard InChI is InChI=1S/C21H25ClN2O5/c1-24(2)21(26)14-7-8-15(22)16(12-14)23-19(25)9-6-13-10-17(27-3)20(29-5)18(11-13)28-4/h7-8,10-12H,6,9H2,1-5H3,(H,23,25). The maximum absolute atomic E-state index is 12.4. The van der Waals surface area contributed by atoms with Crippen molar-refractivity contribution in [3.05, 3.63) is 46.5 Å². The number of aryl methyl sites for hydroxylation is 1. The number of anilines is 1. The second-order valence-corrected chi connectivity index (χ2v) is 6.88. The number of hydrogen-bond acceptors (Lipinski definition) is 5. The lowest BCUT2D eigenvalue weighted by molar-refractivity contribution is -0.116. The van der Waals surface area contributed by atoms with Crippen LogP contribution in [-0.4, -0.2) is 52.1 Å². The third-order valence-corrected chi connectivity index (χ3v) is 4.59. The average molecular weight is 421 g/mol. The number of ether oxygens (including phenoxy) is 3. The molecule has 0 radical (unpaired) electrons. The van der Waals surface area contributed by atoms with Crippen molar-refractivity contribution >= 4 is 29.1 Å². The zero-order valence-electron chi connectivity index (χ0n) is 17.2. The summed E-state index contributed by atoms with van der Waals surface area (Å²) in [5.41, 5.74) is 1.70. The number of amides is 2. The van der Waals surface area contributed by atoms with Crippen molar-refractivity contribution < 1.29 is 23.8 Å². The number of carbonyl (C=O) groups excluding carboxylic acids is 2. The fraction of sp³-hybridized carbons (Fsp3) is 0.333. The number of benzene rings is 2. The molecule has 0 aromatic heterocycles. The summed E-state index contributed by atoms with van der Waals surface area (Å²) in [7, 11) is 7.93. The molecular formula is C21H25ClN2O5. The summed E-state index contributed by atoms with van der Waals surface area (Å²) in [6, 6.07) is 8.39. The quantitative estimate of drug-likeness (QED) is 0.705. The second-order valence-electron chi connectivity index (χ2n) is 6.48.